The van der Waals surface area contributed by atoms with E-state index in [9.17, 15) is 4.79 Å². The SMILES string of the molecule is CCOc1ccc2[nH]c(C)c(C[NH+]3CCCCCC3)c(=O)c2c1. The number of likely N-dealkylation sites (tertiary alicyclic amines) is 1. The van der Waals surface area contributed by atoms with Gasteiger partial charge in [-0.2, -0.15) is 0 Å². The summed E-state index contributed by atoms with van der Waals surface area (Å²) < 4.78 is 5.55. The first-order valence-electron chi connectivity index (χ1n) is 8.81. The van der Waals surface area contributed by atoms with Crippen LogP contribution < -0.4 is 15.1 Å². The summed E-state index contributed by atoms with van der Waals surface area (Å²) in [5.41, 5.74) is 2.99. The fourth-order valence-electron chi connectivity index (χ4n) is 3.56. The second kappa shape index (κ2) is 7.18. The highest BCUT2D eigenvalue weighted by atomic mass is 16.5. The molecule has 1 aromatic carbocycles. The van der Waals surface area contributed by atoms with Crippen LogP contribution in [0.25, 0.3) is 10.9 Å². The summed E-state index contributed by atoms with van der Waals surface area (Å²) in [5.74, 6) is 0.766. The maximum atomic E-state index is 13.0. The van der Waals surface area contributed by atoms with E-state index in [1.54, 1.807) is 0 Å². The zero-order chi connectivity index (χ0) is 16.2. The molecule has 1 aromatic heterocycles. The van der Waals surface area contributed by atoms with E-state index < -0.39 is 0 Å². The van der Waals surface area contributed by atoms with Crippen molar-refractivity contribution < 1.29 is 9.64 Å². The van der Waals surface area contributed by atoms with Gasteiger partial charge in [0.1, 0.15) is 12.3 Å². The van der Waals surface area contributed by atoms with Crippen LogP contribution in [0.4, 0.5) is 0 Å². The van der Waals surface area contributed by atoms with Crippen LogP contribution in [-0.4, -0.2) is 24.7 Å². The minimum Gasteiger partial charge on any atom is -0.494 e. The van der Waals surface area contributed by atoms with Gasteiger partial charge in [0.15, 0.2) is 5.43 Å². The van der Waals surface area contributed by atoms with E-state index in [4.69, 9.17) is 4.74 Å². The van der Waals surface area contributed by atoms with Gasteiger partial charge in [0.25, 0.3) is 0 Å². The third kappa shape index (κ3) is 3.58. The predicted octanol–water partition coefficient (Wildman–Crippen LogP) is 2.19. The van der Waals surface area contributed by atoms with Crippen molar-refractivity contribution in [3.05, 3.63) is 39.7 Å². The second-order valence-electron chi connectivity index (χ2n) is 6.54. The van der Waals surface area contributed by atoms with Crippen LogP contribution in [0.3, 0.4) is 0 Å². The van der Waals surface area contributed by atoms with Gasteiger partial charge in [-0.25, -0.2) is 0 Å². The molecule has 2 N–H and O–H groups in total. The Morgan fingerprint density at radius 3 is 2.61 bits per heavy atom. The zero-order valence-electron chi connectivity index (χ0n) is 14.2. The molecule has 3 rings (SSSR count). The molecule has 0 bridgehead atoms. The molecule has 0 saturated carbocycles. The Balaban J connectivity index is 1.96. The zero-order valence-corrected chi connectivity index (χ0v) is 14.2. The number of aryl methyl sites for hydroxylation is 1. The number of H-pyrrole nitrogens is 1. The Hall–Kier alpha value is -1.81. The van der Waals surface area contributed by atoms with Crippen LogP contribution in [0, 0.1) is 6.92 Å². The molecule has 0 amide bonds. The fraction of sp³-hybridized carbons (Fsp3) is 0.526. The highest BCUT2D eigenvalue weighted by Gasteiger charge is 2.18. The molecule has 0 radical (unpaired) electrons. The van der Waals surface area contributed by atoms with E-state index in [-0.39, 0.29) is 5.43 Å². The third-order valence-corrected chi connectivity index (χ3v) is 4.83. The lowest BCUT2D eigenvalue weighted by atomic mass is 10.1. The number of nitrogens with one attached hydrogen (secondary N) is 2. The number of hydrogen-bond donors (Lipinski definition) is 2. The van der Waals surface area contributed by atoms with Crippen LogP contribution in [0.1, 0.15) is 43.9 Å². The normalized spacial score (nSPS) is 16.4. The maximum absolute atomic E-state index is 13.0. The largest absolute Gasteiger partial charge is 0.494 e. The Kier molecular flexibility index (Phi) is 5.01. The molecule has 1 saturated heterocycles. The lowest BCUT2D eigenvalue weighted by molar-refractivity contribution is -0.913. The summed E-state index contributed by atoms with van der Waals surface area (Å²) >= 11 is 0. The van der Waals surface area contributed by atoms with Gasteiger partial charge in [-0.15, -0.1) is 0 Å². The van der Waals surface area contributed by atoms with Gasteiger partial charge in [0.2, 0.25) is 0 Å². The van der Waals surface area contributed by atoms with Crippen LogP contribution in [0.5, 0.6) is 5.75 Å². The highest BCUT2D eigenvalue weighted by molar-refractivity contribution is 5.81. The van der Waals surface area contributed by atoms with Crippen molar-refractivity contribution in [2.24, 2.45) is 0 Å². The van der Waals surface area contributed by atoms with Gasteiger partial charge < -0.3 is 14.6 Å². The van der Waals surface area contributed by atoms with Crippen LogP contribution >= 0.6 is 0 Å². The smallest absolute Gasteiger partial charge is 0.198 e. The van der Waals surface area contributed by atoms with Gasteiger partial charge >= 0.3 is 0 Å². The molecule has 2 aromatic rings. The summed E-state index contributed by atoms with van der Waals surface area (Å²) in [7, 11) is 0. The molecule has 0 atom stereocenters. The molecular weight excluding hydrogens is 288 g/mol. The van der Waals surface area contributed by atoms with Gasteiger partial charge in [0.05, 0.1) is 25.3 Å². The molecule has 1 aliphatic heterocycles. The van der Waals surface area contributed by atoms with Crippen molar-refractivity contribution in [2.45, 2.75) is 46.1 Å². The summed E-state index contributed by atoms with van der Waals surface area (Å²) in [6.45, 7) is 7.77. The van der Waals surface area contributed by atoms with Crippen molar-refractivity contribution in [2.75, 3.05) is 19.7 Å². The van der Waals surface area contributed by atoms with Crippen LogP contribution in [0.2, 0.25) is 0 Å². The average molecular weight is 315 g/mol. The summed E-state index contributed by atoms with van der Waals surface area (Å²) in [4.78, 5) is 17.9. The molecular formula is C19H27N2O2+. The van der Waals surface area contributed by atoms with Gasteiger partial charge in [-0.05, 0) is 57.7 Å². The standard InChI is InChI=1S/C19H26N2O2/c1-3-23-15-8-9-18-16(12-15)19(22)17(14(2)20-18)13-21-10-6-4-5-7-11-21/h8-9,12H,3-7,10-11,13H2,1-2H3,(H,20,22)/p+1. The first-order chi connectivity index (χ1) is 11.2. The van der Waals surface area contributed by atoms with E-state index in [2.05, 4.69) is 4.98 Å². The number of ether oxygens (including phenoxy) is 1. The minimum absolute atomic E-state index is 0.162. The quantitative estimate of drug-likeness (QED) is 0.908. The molecule has 0 aliphatic carbocycles. The lowest BCUT2D eigenvalue weighted by Crippen LogP contribution is -3.10. The average Bonchev–Trinajstić information content (AvgIpc) is 2.81. The van der Waals surface area contributed by atoms with Crippen molar-refractivity contribution in [3.63, 3.8) is 0 Å². The molecule has 4 heteroatoms. The molecule has 2 heterocycles. The monoisotopic (exact) mass is 315 g/mol. The number of rotatable bonds is 4. The number of aromatic nitrogens is 1. The first kappa shape index (κ1) is 16.1. The number of fused-ring (bicyclic) bond motifs is 1. The van der Waals surface area contributed by atoms with E-state index in [0.29, 0.717) is 6.61 Å². The van der Waals surface area contributed by atoms with Crippen LogP contribution in [0.15, 0.2) is 23.0 Å². The number of benzene rings is 1. The van der Waals surface area contributed by atoms with Crippen molar-refractivity contribution in [3.8, 4) is 5.75 Å². The lowest BCUT2D eigenvalue weighted by Gasteiger charge is -2.18. The van der Waals surface area contributed by atoms with E-state index in [1.165, 1.54) is 43.7 Å². The summed E-state index contributed by atoms with van der Waals surface area (Å²) in [6, 6.07) is 5.73. The topological polar surface area (TPSA) is 46.5 Å². The van der Waals surface area contributed by atoms with Crippen molar-refractivity contribution in [1.82, 2.24) is 4.98 Å². The van der Waals surface area contributed by atoms with Crippen molar-refractivity contribution >= 4 is 10.9 Å². The number of quaternary nitrogens is 1. The number of aromatic amines is 1. The molecule has 0 spiro atoms. The Labute approximate surface area is 137 Å². The Bertz CT molecular complexity index is 728. The summed E-state index contributed by atoms with van der Waals surface area (Å²) in [6.07, 6.45) is 5.20. The first-order valence-corrected chi connectivity index (χ1v) is 8.81. The van der Waals surface area contributed by atoms with Gasteiger partial charge in [-0.1, -0.05) is 0 Å². The molecule has 0 unspecified atom stereocenters. The van der Waals surface area contributed by atoms with Crippen LogP contribution in [-0.2, 0) is 6.54 Å². The number of hydrogen-bond acceptors (Lipinski definition) is 2. The molecule has 4 nitrogen and oxygen atoms in total. The number of pyridine rings is 1. The van der Waals surface area contributed by atoms with E-state index >= 15 is 0 Å². The second-order valence-corrected chi connectivity index (χ2v) is 6.54. The molecule has 1 aliphatic rings. The predicted molar refractivity (Wildman–Crippen MR) is 93.3 cm³/mol. The Morgan fingerprint density at radius 2 is 1.91 bits per heavy atom. The molecule has 23 heavy (non-hydrogen) atoms. The van der Waals surface area contributed by atoms with Gasteiger partial charge in [-0.3, -0.25) is 4.79 Å². The van der Waals surface area contributed by atoms with Gasteiger partial charge in [0, 0.05) is 16.6 Å². The van der Waals surface area contributed by atoms with E-state index in [0.717, 1.165) is 34.5 Å². The van der Waals surface area contributed by atoms with E-state index in [1.807, 2.05) is 32.0 Å². The Morgan fingerprint density at radius 1 is 1.17 bits per heavy atom. The maximum Gasteiger partial charge on any atom is 0.198 e. The fourth-order valence-corrected chi connectivity index (χ4v) is 3.56. The summed E-state index contributed by atoms with van der Waals surface area (Å²) in [5, 5.41) is 0.741. The van der Waals surface area contributed by atoms with Crippen molar-refractivity contribution in [1.29, 1.82) is 0 Å². The highest BCUT2D eigenvalue weighted by Crippen LogP contribution is 2.18. The molecule has 1 fully saturated rings. The minimum atomic E-state index is 0.162. The molecule has 124 valence electrons. The third-order valence-electron chi connectivity index (χ3n) is 4.83.